The summed E-state index contributed by atoms with van der Waals surface area (Å²) in [5.41, 5.74) is 0.757. The molecule has 5 heteroatoms. The highest BCUT2D eigenvalue weighted by Gasteiger charge is 2.38. The number of ether oxygens (including phenoxy) is 2. The summed E-state index contributed by atoms with van der Waals surface area (Å²) in [5.74, 6) is -1.47. The van der Waals surface area contributed by atoms with Gasteiger partial charge in [0.05, 0.1) is 12.2 Å². The molecule has 0 saturated heterocycles. The van der Waals surface area contributed by atoms with Gasteiger partial charge in [-0.15, -0.1) is 0 Å². The van der Waals surface area contributed by atoms with E-state index in [9.17, 15) is 14.7 Å². The molecule has 1 heterocycles. The van der Waals surface area contributed by atoms with Crippen LogP contribution in [0.1, 0.15) is 19.8 Å². The number of hydrogen-bond acceptors (Lipinski definition) is 5. The van der Waals surface area contributed by atoms with Gasteiger partial charge in [-0.05, 0) is 19.8 Å². The van der Waals surface area contributed by atoms with Crippen LogP contribution in [0.4, 0.5) is 0 Å². The molecule has 80 valence electrons. The molecule has 2 aliphatic rings. The van der Waals surface area contributed by atoms with Gasteiger partial charge >= 0.3 is 11.9 Å². The molecule has 0 aromatic heterocycles. The first kappa shape index (κ1) is 9.76. The van der Waals surface area contributed by atoms with Gasteiger partial charge in [-0.25, -0.2) is 9.59 Å². The van der Waals surface area contributed by atoms with Crippen LogP contribution in [-0.4, -0.2) is 23.7 Å². The number of aliphatic hydroxyl groups excluding tert-OH is 1. The SMILES string of the molecule is CCOC(=O)C1=C2OC(=O)C(O)=C2CC1. The fourth-order valence-electron chi connectivity index (χ4n) is 1.69. The Kier molecular flexibility index (Phi) is 2.22. The quantitative estimate of drug-likeness (QED) is 0.687. The maximum absolute atomic E-state index is 11.4. The molecule has 15 heavy (non-hydrogen) atoms. The third-order valence-electron chi connectivity index (χ3n) is 2.37. The van der Waals surface area contributed by atoms with Crippen molar-refractivity contribution in [2.45, 2.75) is 19.8 Å². The van der Waals surface area contributed by atoms with Gasteiger partial charge in [0.1, 0.15) is 5.76 Å². The fraction of sp³-hybridized carbons (Fsp3) is 0.400. The first-order valence-electron chi connectivity index (χ1n) is 4.70. The van der Waals surface area contributed by atoms with E-state index in [1.54, 1.807) is 6.92 Å². The summed E-state index contributed by atoms with van der Waals surface area (Å²) in [6.07, 6.45) is 0.891. The molecule has 0 amide bonds. The number of fused-ring (bicyclic) bond motifs is 1. The van der Waals surface area contributed by atoms with Crippen molar-refractivity contribution in [2.24, 2.45) is 0 Å². The molecule has 0 aromatic rings. The Morgan fingerprint density at radius 1 is 1.53 bits per heavy atom. The summed E-state index contributed by atoms with van der Waals surface area (Å²) in [7, 11) is 0. The number of aliphatic hydroxyl groups is 1. The van der Waals surface area contributed by atoms with E-state index in [2.05, 4.69) is 0 Å². The van der Waals surface area contributed by atoms with Crippen molar-refractivity contribution in [2.75, 3.05) is 6.61 Å². The lowest BCUT2D eigenvalue weighted by Crippen LogP contribution is -2.09. The summed E-state index contributed by atoms with van der Waals surface area (Å²) in [5, 5.41) is 9.32. The summed E-state index contributed by atoms with van der Waals surface area (Å²) >= 11 is 0. The van der Waals surface area contributed by atoms with E-state index in [1.165, 1.54) is 0 Å². The van der Waals surface area contributed by atoms with Crippen molar-refractivity contribution < 1.29 is 24.2 Å². The van der Waals surface area contributed by atoms with E-state index >= 15 is 0 Å². The third kappa shape index (κ3) is 1.40. The Bertz CT molecular complexity index is 402. The highest BCUT2D eigenvalue weighted by molar-refractivity contribution is 5.98. The Labute approximate surface area is 86.0 Å². The van der Waals surface area contributed by atoms with Gasteiger partial charge in [0, 0.05) is 5.57 Å². The Morgan fingerprint density at radius 2 is 2.27 bits per heavy atom. The lowest BCUT2D eigenvalue weighted by Gasteiger charge is -2.03. The number of esters is 2. The van der Waals surface area contributed by atoms with E-state index in [4.69, 9.17) is 9.47 Å². The lowest BCUT2D eigenvalue weighted by atomic mass is 10.2. The summed E-state index contributed by atoms with van der Waals surface area (Å²) in [4.78, 5) is 22.4. The smallest absolute Gasteiger partial charge is 0.379 e. The number of allylic oxidation sites excluding steroid dienone is 1. The molecular weight excluding hydrogens is 200 g/mol. The van der Waals surface area contributed by atoms with Gasteiger partial charge in [-0.1, -0.05) is 0 Å². The van der Waals surface area contributed by atoms with Crippen LogP contribution in [0.15, 0.2) is 22.7 Å². The largest absolute Gasteiger partial charge is 0.502 e. The summed E-state index contributed by atoms with van der Waals surface area (Å²) < 4.78 is 9.61. The number of carbonyl (C=O) groups excluding carboxylic acids is 2. The molecule has 0 unspecified atom stereocenters. The van der Waals surface area contributed by atoms with E-state index in [1.807, 2.05) is 0 Å². The highest BCUT2D eigenvalue weighted by atomic mass is 16.6. The zero-order valence-corrected chi connectivity index (χ0v) is 8.20. The normalized spacial score (nSPS) is 19.4. The minimum absolute atomic E-state index is 0.191. The number of hydrogen-bond donors (Lipinski definition) is 1. The van der Waals surface area contributed by atoms with Crippen molar-refractivity contribution in [3.63, 3.8) is 0 Å². The zero-order chi connectivity index (χ0) is 11.0. The molecule has 5 nitrogen and oxygen atoms in total. The van der Waals surface area contributed by atoms with E-state index in [0.717, 1.165) is 0 Å². The second-order valence-electron chi connectivity index (χ2n) is 3.24. The van der Waals surface area contributed by atoms with Crippen LogP contribution in [0.5, 0.6) is 0 Å². The Balaban J connectivity index is 2.33. The molecule has 1 aliphatic heterocycles. The van der Waals surface area contributed by atoms with Crippen LogP contribution in [0, 0.1) is 0 Å². The van der Waals surface area contributed by atoms with Crippen LogP contribution in [-0.2, 0) is 19.1 Å². The van der Waals surface area contributed by atoms with E-state index < -0.39 is 11.9 Å². The molecule has 0 radical (unpaired) electrons. The molecular formula is C10H10O5. The highest BCUT2D eigenvalue weighted by Crippen LogP contribution is 2.39. The predicted octanol–water partition coefficient (Wildman–Crippen LogP) is 0.966. The minimum atomic E-state index is -0.790. The lowest BCUT2D eigenvalue weighted by molar-refractivity contribution is -0.139. The van der Waals surface area contributed by atoms with Crippen molar-refractivity contribution in [3.05, 3.63) is 22.7 Å². The molecule has 0 fully saturated rings. The maximum atomic E-state index is 11.4. The molecule has 1 aliphatic carbocycles. The Morgan fingerprint density at radius 3 is 2.93 bits per heavy atom. The Hall–Kier alpha value is -1.78. The first-order chi connectivity index (χ1) is 7.15. The summed E-state index contributed by atoms with van der Waals surface area (Å²) in [6.45, 7) is 1.97. The molecule has 1 N–H and O–H groups in total. The van der Waals surface area contributed by atoms with Crippen molar-refractivity contribution in [3.8, 4) is 0 Å². The number of carbonyl (C=O) groups is 2. The van der Waals surface area contributed by atoms with Gasteiger partial charge in [-0.3, -0.25) is 0 Å². The standard InChI is InChI=1S/C10H10O5/c1-2-14-9(12)6-4-3-5-7(11)10(13)15-8(5)6/h11H,2-4H2,1H3. The minimum Gasteiger partial charge on any atom is -0.502 e. The average molecular weight is 210 g/mol. The molecule has 0 bridgehead atoms. The molecule has 0 saturated carbocycles. The van der Waals surface area contributed by atoms with Crippen molar-refractivity contribution in [1.82, 2.24) is 0 Å². The van der Waals surface area contributed by atoms with Crippen LogP contribution >= 0.6 is 0 Å². The molecule has 0 atom stereocenters. The third-order valence-corrected chi connectivity index (χ3v) is 2.37. The van der Waals surface area contributed by atoms with Crippen LogP contribution in [0.2, 0.25) is 0 Å². The van der Waals surface area contributed by atoms with Crippen molar-refractivity contribution >= 4 is 11.9 Å². The van der Waals surface area contributed by atoms with E-state index in [0.29, 0.717) is 24.0 Å². The van der Waals surface area contributed by atoms with Crippen LogP contribution < -0.4 is 0 Å². The zero-order valence-electron chi connectivity index (χ0n) is 8.20. The second kappa shape index (κ2) is 3.42. The van der Waals surface area contributed by atoms with E-state index in [-0.39, 0.29) is 18.1 Å². The second-order valence-corrected chi connectivity index (χ2v) is 3.24. The topological polar surface area (TPSA) is 72.8 Å². The van der Waals surface area contributed by atoms with Gasteiger partial charge < -0.3 is 14.6 Å². The van der Waals surface area contributed by atoms with Crippen LogP contribution in [0.25, 0.3) is 0 Å². The monoisotopic (exact) mass is 210 g/mol. The molecule has 2 rings (SSSR count). The fourth-order valence-corrected chi connectivity index (χ4v) is 1.69. The molecule has 0 spiro atoms. The van der Waals surface area contributed by atoms with Gasteiger partial charge in [0.25, 0.3) is 0 Å². The maximum Gasteiger partial charge on any atom is 0.379 e. The van der Waals surface area contributed by atoms with Gasteiger partial charge in [0.15, 0.2) is 0 Å². The van der Waals surface area contributed by atoms with Crippen LogP contribution in [0.3, 0.4) is 0 Å². The predicted molar refractivity (Wildman–Crippen MR) is 48.6 cm³/mol. The molecule has 0 aromatic carbocycles. The van der Waals surface area contributed by atoms with Gasteiger partial charge in [-0.2, -0.15) is 0 Å². The number of rotatable bonds is 2. The van der Waals surface area contributed by atoms with Gasteiger partial charge in [0.2, 0.25) is 5.76 Å². The van der Waals surface area contributed by atoms with Crippen molar-refractivity contribution in [1.29, 1.82) is 0 Å². The first-order valence-corrected chi connectivity index (χ1v) is 4.70. The summed E-state index contributed by atoms with van der Waals surface area (Å²) in [6, 6.07) is 0. The average Bonchev–Trinajstić information content (AvgIpc) is 2.70.